The van der Waals surface area contributed by atoms with E-state index in [9.17, 15) is 27.9 Å². The molecule has 1 aromatic carbocycles. The lowest BCUT2D eigenvalue weighted by atomic mass is 9.91. The molecule has 0 radical (unpaired) electrons. The van der Waals surface area contributed by atoms with Crippen LogP contribution in [0.3, 0.4) is 0 Å². The summed E-state index contributed by atoms with van der Waals surface area (Å²) in [7, 11) is 0. The van der Waals surface area contributed by atoms with Gasteiger partial charge in [0.15, 0.2) is 0 Å². The molecule has 2 aliphatic rings. The third-order valence-electron chi connectivity index (χ3n) is 8.06. The van der Waals surface area contributed by atoms with Crippen LogP contribution in [0.5, 0.6) is 0 Å². The van der Waals surface area contributed by atoms with Crippen LogP contribution in [-0.4, -0.2) is 76.0 Å². The Morgan fingerprint density at radius 3 is 2.60 bits per heavy atom. The molecule has 3 N–H and O–H groups in total. The van der Waals surface area contributed by atoms with E-state index in [-0.39, 0.29) is 56.6 Å². The van der Waals surface area contributed by atoms with Crippen molar-refractivity contribution in [3.8, 4) is 11.3 Å². The van der Waals surface area contributed by atoms with Crippen molar-refractivity contribution in [1.29, 1.82) is 0 Å². The summed E-state index contributed by atoms with van der Waals surface area (Å²) < 4.78 is 43.9. The van der Waals surface area contributed by atoms with Crippen molar-refractivity contribution >= 4 is 24.0 Å². The van der Waals surface area contributed by atoms with Crippen molar-refractivity contribution in [2.24, 2.45) is 5.73 Å². The summed E-state index contributed by atoms with van der Waals surface area (Å²) in [6, 6.07) is 5.50. The first kappa shape index (κ1) is 29.7. The zero-order chi connectivity index (χ0) is 28.9. The molecule has 11 nitrogen and oxygen atoms in total. The number of nitrogens with two attached hydrogens (primary N) is 1. The molecule has 4 heterocycles. The number of hydrogen-bond acceptors (Lipinski definition) is 7. The summed E-state index contributed by atoms with van der Waals surface area (Å²) in [5.41, 5.74) is 8.39. The normalized spacial score (nSPS) is 18.7. The lowest BCUT2D eigenvalue weighted by Crippen LogP contribution is -2.50. The SMILES string of the molecule is Cl.NC1Cc2ccc(-c3cnc4c(=O)n(CC5(O)CCN(C(=O)CC(C(F)F)n6ccc(F)n6)CC5)cnn34)cc2C1. The summed E-state index contributed by atoms with van der Waals surface area (Å²) in [5.74, 6) is -1.46. The molecule has 1 aliphatic heterocycles. The summed E-state index contributed by atoms with van der Waals surface area (Å²) in [4.78, 5) is 31.7. The van der Waals surface area contributed by atoms with Crippen LogP contribution in [0.1, 0.15) is 36.4 Å². The third kappa shape index (κ3) is 5.65. The minimum Gasteiger partial charge on any atom is -0.388 e. The highest BCUT2D eigenvalue weighted by molar-refractivity contribution is 5.85. The average molecular weight is 607 g/mol. The van der Waals surface area contributed by atoms with Gasteiger partial charge in [-0.2, -0.15) is 9.49 Å². The van der Waals surface area contributed by atoms with Gasteiger partial charge >= 0.3 is 0 Å². The minimum absolute atomic E-state index is 0. The molecule has 0 saturated carbocycles. The van der Waals surface area contributed by atoms with Crippen LogP contribution in [0.25, 0.3) is 16.9 Å². The van der Waals surface area contributed by atoms with E-state index < -0.39 is 41.9 Å². The Labute approximate surface area is 244 Å². The van der Waals surface area contributed by atoms with Gasteiger partial charge in [0.05, 0.1) is 30.5 Å². The quantitative estimate of drug-likeness (QED) is 0.328. The Balaban J connectivity index is 0.00000353. The Morgan fingerprint density at radius 2 is 1.90 bits per heavy atom. The number of likely N-dealkylation sites (tertiary alicyclic amines) is 1. The number of halogens is 4. The number of fused-ring (bicyclic) bond motifs is 2. The maximum atomic E-state index is 13.6. The smallest absolute Gasteiger partial charge is 0.296 e. The number of aromatic nitrogens is 6. The zero-order valence-corrected chi connectivity index (χ0v) is 23.3. The molecule has 1 aliphatic carbocycles. The molecule has 2 atom stereocenters. The molecule has 3 aromatic heterocycles. The van der Waals surface area contributed by atoms with Crippen LogP contribution < -0.4 is 11.3 Å². The summed E-state index contributed by atoms with van der Waals surface area (Å²) in [6.07, 6.45) is 2.42. The first-order valence-corrected chi connectivity index (χ1v) is 13.4. The number of piperidine rings is 1. The second kappa shape index (κ2) is 11.5. The fraction of sp³-hybridized carbons (Fsp3) is 0.444. The molecular formula is C27H30ClF3N8O3. The van der Waals surface area contributed by atoms with Crippen molar-refractivity contribution in [2.45, 2.75) is 62.8 Å². The van der Waals surface area contributed by atoms with Gasteiger partial charge in [-0.1, -0.05) is 12.1 Å². The predicted molar refractivity (Wildman–Crippen MR) is 148 cm³/mol. The van der Waals surface area contributed by atoms with E-state index in [1.807, 2.05) is 18.2 Å². The highest BCUT2D eigenvalue weighted by Crippen LogP contribution is 2.29. The highest BCUT2D eigenvalue weighted by atomic mass is 35.5. The van der Waals surface area contributed by atoms with Gasteiger partial charge in [-0.3, -0.25) is 18.8 Å². The fourth-order valence-electron chi connectivity index (χ4n) is 5.78. The van der Waals surface area contributed by atoms with Gasteiger partial charge in [-0.05, 0) is 42.9 Å². The molecule has 1 saturated heterocycles. The minimum atomic E-state index is -2.92. The fourth-order valence-corrected chi connectivity index (χ4v) is 5.78. The largest absolute Gasteiger partial charge is 0.388 e. The van der Waals surface area contributed by atoms with Crippen molar-refractivity contribution in [1.82, 2.24) is 33.8 Å². The van der Waals surface area contributed by atoms with Crippen molar-refractivity contribution in [3.05, 3.63) is 70.4 Å². The van der Waals surface area contributed by atoms with E-state index in [4.69, 9.17) is 5.73 Å². The van der Waals surface area contributed by atoms with Crippen molar-refractivity contribution in [2.75, 3.05) is 13.1 Å². The van der Waals surface area contributed by atoms with E-state index in [0.717, 1.165) is 35.4 Å². The van der Waals surface area contributed by atoms with Gasteiger partial charge in [-0.25, -0.2) is 18.3 Å². The number of benzene rings is 1. The molecule has 1 amide bonds. The summed E-state index contributed by atoms with van der Waals surface area (Å²) in [5, 5.41) is 19.0. The number of hydrogen-bond donors (Lipinski definition) is 2. The molecule has 2 unspecified atom stereocenters. The molecule has 224 valence electrons. The van der Waals surface area contributed by atoms with Gasteiger partial charge in [0, 0.05) is 37.0 Å². The number of carbonyl (C=O) groups excluding carboxylic acids is 1. The number of amides is 1. The highest BCUT2D eigenvalue weighted by Gasteiger charge is 2.36. The molecule has 42 heavy (non-hydrogen) atoms. The molecule has 6 rings (SSSR count). The van der Waals surface area contributed by atoms with Gasteiger partial charge in [0.1, 0.15) is 12.4 Å². The lowest BCUT2D eigenvalue weighted by molar-refractivity contribution is -0.138. The lowest BCUT2D eigenvalue weighted by Gasteiger charge is -2.38. The van der Waals surface area contributed by atoms with Crippen molar-refractivity contribution in [3.63, 3.8) is 0 Å². The number of imidazole rings is 1. The van der Waals surface area contributed by atoms with Crippen LogP contribution >= 0.6 is 12.4 Å². The number of carbonyl (C=O) groups is 1. The van der Waals surface area contributed by atoms with E-state index in [1.165, 1.54) is 31.4 Å². The van der Waals surface area contributed by atoms with Gasteiger partial charge in [0.2, 0.25) is 17.5 Å². The Kier molecular flexibility index (Phi) is 8.14. The molecular weight excluding hydrogens is 577 g/mol. The van der Waals surface area contributed by atoms with Crippen LogP contribution in [0.15, 0.2) is 47.8 Å². The second-order valence-electron chi connectivity index (χ2n) is 10.9. The van der Waals surface area contributed by atoms with Gasteiger partial charge in [-0.15, -0.1) is 17.5 Å². The van der Waals surface area contributed by atoms with E-state index >= 15 is 0 Å². The van der Waals surface area contributed by atoms with Crippen LogP contribution in [-0.2, 0) is 24.2 Å². The van der Waals surface area contributed by atoms with E-state index in [1.54, 1.807) is 6.20 Å². The number of aliphatic hydroxyl groups is 1. The van der Waals surface area contributed by atoms with E-state index in [0.29, 0.717) is 5.69 Å². The number of nitrogens with zero attached hydrogens (tertiary/aromatic N) is 7. The maximum absolute atomic E-state index is 13.6. The Morgan fingerprint density at radius 1 is 1.17 bits per heavy atom. The van der Waals surface area contributed by atoms with Gasteiger partial charge < -0.3 is 15.7 Å². The standard InChI is InChI=1S/C27H29F3N8O3.ClH/c28-22-3-6-37(34-22)20(24(29)30)12-23(39)35-7-4-27(41,5-8-35)14-36-15-33-38-21(13-32-25(38)26(36)40)17-2-1-16-10-19(31)11-18(16)9-17;/h1-3,6,9,13,15,19-20,24,41H,4-5,7-8,10-12,14,31H2;1H. The first-order chi connectivity index (χ1) is 19.6. The average Bonchev–Trinajstić information content (AvgIpc) is 3.66. The van der Waals surface area contributed by atoms with Gasteiger partial charge in [0.25, 0.3) is 12.0 Å². The Bertz CT molecular complexity index is 1660. The predicted octanol–water partition coefficient (Wildman–Crippen LogP) is 1.99. The van der Waals surface area contributed by atoms with Crippen LogP contribution in [0, 0.1) is 5.95 Å². The number of alkyl halides is 2. The molecule has 4 aromatic rings. The molecule has 1 fully saturated rings. The zero-order valence-electron chi connectivity index (χ0n) is 22.4. The summed E-state index contributed by atoms with van der Waals surface area (Å²) >= 11 is 0. The molecule has 0 spiro atoms. The number of rotatable bonds is 7. The van der Waals surface area contributed by atoms with Crippen molar-refractivity contribution < 1.29 is 23.1 Å². The maximum Gasteiger partial charge on any atom is 0.296 e. The first-order valence-electron chi connectivity index (χ1n) is 13.4. The monoisotopic (exact) mass is 606 g/mol. The van der Waals surface area contributed by atoms with Crippen LogP contribution in [0.4, 0.5) is 13.2 Å². The Hall–Kier alpha value is -3.75. The van der Waals surface area contributed by atoms with E-state index in [2.05, 4.69) is 15.2 Å². The summed E-state index contributed by atoms with van der Waals surface area (Å²) in [6.45, 7) is 0.153. The molecule has 15 heteroatoms. The second-order valence-corrected chi connectivity index (χ2v) is 10.9. The third-order valence-corrected chi connectivity index (χ3v) is 8.06. The molecule has 0 bridgehead atoms. The van der Waals surface area contributed by atoms with Crippen LogP contribution in [0.2, 0.25) is 0 Å². The topological polar surface area (TPSA) is 137 Å².